The second-order valence-corrected chi connectivity index (χ2v) is 6.60. The molecule has 1 atom stereocenters. The second kappa shape index (κ2) is 10.5. The SMILES string of the molecule is CCCCCCCCCC[C@](C)(O)c1cc(OC)c(CO)c(=O)o1. The fourth-order valence-corrected chi connectivity index (χ4v) is 2.81. The number of hydrogen-bond donors (Lipinski definition) is 2. The van der Waals surface area contributed by atoms with Crippen molar-refractivity contribution in [3.63, 3.8) is 0 Å². The number of unbranched alkanes of at least 4 members (excludes halogenated alkanes) is 7. The summed E-state index contributed by atoms with van der Waals surface area (Å²) in [6.45, 7) is 3.40. The Morgan fingerprint density at radius 3 is 2.25 bits per heavy atom. The molecule has 0 aliphatic rings. The molecular weight excluding hydrogens is 308 g/mol. The van der Waals surface area contributed by atoms with Crippen LogP contribution in [0.15, 0.2) is 15.3 Å². The summed E-state index contributed by atoms with van der Waals surface area (Å²) in [5.74, 6) is 0.435. The Balaban J connectivity index is 2.53. The first kappa shape index (κ1) is 20.7. The van der Waals surface area contributed by atoms with Gasteiger partial charge in [-0.15, -0.1) is 0 Å². The van der Waals surface area contributed by atoms with E-state index in [0.717, 1.165) is 19.3 Å². The number of aliphatic hydroxyl groups is 2. The monoisotopic (exact) mass is 340 g/mol. The van der Waals surface area contributed by atoms with E-state index in [4.69, 9.17) is 9.15 Å². The molecule has 1 aromatic heterocycles. The predicted octanol–water partition coefficient (Wildman–Crippen LogP) is 3.88. The van der Waals surface area contributed by atoms with Crippen LogP contribution < -0.4 is 10.4 Å². The second-order valence-electron chi connectivity index (χ2n) is 6.60. The summed E-state index contributed by atoms with van der Waals surface area (Å²) in [5, 5.41) is 19.8. The van der Waals surface area contributed by atoms with E-state index in [2.05, 4.69) is 6.92 Å². The van der Waals surface area contributed by atoms with E-state index in [-0.39, 0.29) is 17.1 Å². The molecule has 0 amide bonds. The van der Waals surface area contributed by atoms with E-state index in [1.165, 1.54) is 45.3 Å². The van der Waals surface area contributed by atoms with Crippen LogP contribution >= 0.6 is 0 Å². The standard InChI is InChI=1S/C19H32O5/c1-4-5-6-7-8-9-10-11-12-19(2,22)17-13-16(23-3)15(14-20)18(21)24-17/h13,20,22H,4-12,14H2,1-3H3/t19-/m0/s1. The van der Waals surface area contributed by atoms with Gasteiger partial charge in [-0.2, -0.15) is 0 Å². The Labute approximate surface area is 144 Å². The maximum Gasteiger partial charge on any atom is 0.345 e. The smallest absolute Gasteiger partial charge is 0.345 e. The van der Waals surface area contributed by atoms with Crippen molar-refractivity contribution in [1.82, 2.24) is 0 Å². The van der Waals surface area contributed by atoms with Gasteiger partial charge in [0.2, 0.25) is 0 Å². The van der Waals surface area contributed by atoms with Crippen molar-refractivity contribution < 1.29 is 19.4 Å². The third-order valence-electron chi connectivity index (χ3n) is 4.43. The minimum absolute atomic E-state index is 0.0733. The Morgan fingerprint density at radius 1 is 1.12 bits per heavy atom. The van der Waals surface area contributed by atoms with E-state index in [1.807, 2.05) is 0 Å². The molecule has 0 aliphatic heterocycles. The van der Waals surface area contributed by atoms with Gasteiger partial charge in [-0.05, 0) is 13.3 Å². The summed E-state index contributed by atoms with van der Waals surface area (Å²) < 4.78 is 10.3. The van der Waals surface area contributed by atoms with Gasteiger partial charge in [0.15, 0.2) is 0 Å². The summed E-state index contributed by atoms with van der Waals surface area (Å²) in [5.41, 5.74) is -1.81. The number of rotatable bonds is 12. The quantitative estimate of drug-likeness (QED) is 0.564. The van der Waals surface area contributed by atoms with E-state index < -0.39 is 17.8 Å². The Kier molecular flexibility index (Phi) is 9.08. The lowest BCUT2D eigenvalue weighted by Crippen LogP contribution is -2.24. The van der Waals surface area contributed by atoms with Gasteiger partial charge in [-0.25, -0.2) is 4.79 Å². The molecule has 0 unspecified atom stereocenters. The lowest BCUT2D eigenvalue weighted by Gasteiger charge is -2.22. The van der Waals surface area contributed by atoms with Crippen LogP contribution in [0.2, 0.25) is 0 Å². The van der Waals surface area contributed by atoms with Crippen LogP contribution in [0.4, 0.5) is 0 Å². The summed E-state index contributed by atoms with van der Waals surface area (Å²) in [7, 11) is 1.42. The number of ether oxygens (including phenoxy) is 1. The minimum Gasteiger partial charge on any atom is -0.496 e. The van der Waals surface area contributed by atoms with Crippen molar-refractivity contribution in [2.24, 2.45) is 0 Å². The van der Waals surface area contributed by atoms with Gasteiger partial charge >= 0.3 is 5.63 Å². The molecule has 1 rings (SSSR count). The molecule has 5 nitrogen and oxygen atoms in total. The first-order valence-corrected chi connectivity index (χ1v) is 9.01. The fourth-order valence-electron chi connectivity index (χ4n) is 2.81. The largest absolute Gasteiger partial charge is 0.496 e. The van der Waals surface area contributed by atoms with Crippen molar-refractivity contribution in [3.8, 4) is 5.75 Å². The van der Waals surface area contributed by atoms with E-state index >= 15 is 0 Å². The van der Waals surface area contributed by atoms with E-state index in [0.29, 0.717) is 6.42 Å². The van der Waals surface area contributed by atoms with Crippen LogP contribution in [0.25, 0.3) is 0 Å². The highest BCUT2D eigenvalue weighted by atomic mass is 16.5. The number of methoxy groups -OCH3 is 1. The fraction of sp³-hybridized carbons (Fsp3) is 0.737. The topological polar surface area (TPSA) is 79.9 Å². The van der Waals surface area contributed by atoms with Crippen LogP contribution in [0.5, 0.6) is 5.75 Å². The van der Waals surface area contributed by atoms with Crippen LogP contribution in [0.3, 0.4) is 0 Å². The third-order valence-corrected chi connectivity index (χ3v) is 4.43. The van der Waals surface area contributed by atoms with Gasteiger partial charge in [0.1, 0.15) is 22.7 Å². The maximum atomic E-state index is 11.9. The van der Waals surface area contributed by atoms with E-state index in [1.54, 1.807) is 6.92 Å². The van der Waals surface area contributed by atoms with Crippen molar-refractivity contribution in [1.29, 1.82) is 0 Å². The highest BCUT2D eigenvalue weighted by molar-refractivity contribution is 5.32. The summed E-state index contributed by atoms with van der Waals surface area (Å²) in [4.78, 5) is 11.9. The average Bonchev–Trinajstić information content (AvgIpc) is 2.56. The molecule has 5 heteroatoms. The molecule has 0 fully saturated rings. The van der Waals surface area contributed by atoms with Crippen LogP contribution in [0.1, 0.15) is 83.0 Å². The Bertz CT molecular complexity index is 533. The van der Waals surface area contributed by atoms with Crippen LogP contribution in [-0.4, -0.2) is 17.3 Å². The first-order valence-electron chi connectivity index (χ1n) is 9.01. The molecule has 0 saturated carbocycles. The first-order chi connectivity index (χ1) is 11.5. The molecule has 0 saturated heterocycles. The molecule has 0 aromatic carbocycles. The average molecular weight is 340 g/mol. The molecule has 0 spiro atoms. The number of aliphatic hydroxyl groups excluding tert-OH is 1. The zero-order chi connectivity index (χ0) is 18.0. The zero-order valence-electron chi connectivity index (χ0n) is 15.3. The molecule has 0 aliphatic carbocycles. The molecule has 2 N–H and O–H groups in total. The Morgan fingerprint density at radius 2 is 1.71 bits per heavy atom. The van der Waals surface area contributed by atoms with Gasteiger partial charge in [-0.3, -0.25) is 0 Å². The highest BCUT2D eigenvalue weighted by Crippen LogP contribution is 2.29. The minimum atomic E-state index is -1.22. The van der Waals surface area contributed by atoms with Crippen molar-refractivity contribution in [3.05, 3.63) is 27.8 Å². The van der Waals surface area contributed by atoms with Crippen molar-refractivity contribution in [2.75, 3.05) is 7.11 Å². The van der Waals surface area contributed by atoms with Gasteiger partial charge < -0.3 is 19.4 Å². The summed E-state index contributed by atoms with van der Waals surface area (Å²) >= 11 is 0. The van der Waals surface area contributed by atoms with Crippen LogP contribution in [-0.2, 0) is 12.2 Å². The summed E-state index contributed by atoms with van der Waals surface area (Å²) in [6, 6.07) is 1.50. The maximum absolute atomic E-state index is 11.9. The molecule has 1 aromatic rings. The molecule has 1 heterocycles. The third kappa shape index (κ3) is 6.29. The Hall–Kier alpha value is -1.33. The van der Waals surface area contributed by atoms with Gasteiger partial charge in [0.25, 0.3) is 0 Å². The number of hydrogen-bond acceptors (Lipinski definition) is 5. The van der Waals surface area contributed by atoms with Gasteiger partial charge in [0, 0.05) is 6.07 Å². The van der Waals surface area contributed by atoms with Crippen molar-refractivity contribution >= 4 is 0 Å². The molecule has 138 valence electrons. The predicted molar refractivity (Wildman–Crippen MR) is 94.3 cm³/mol. The molecule has 0 bridgehead atoms. The normalized spacial score (nSPS) is 13.7. The molecule has 24 heavy (non-hydrogen) atoms. The summed E-state index contributed by atoms with van der Waals surface area (Å²) in [6.07, 6.45) is 9.98. The van der Waals surface area contributed by atoms with Gasteiger partial charge in [0.05, 0.1) is 13.7 Å². The highest BCUT2D eigenvalue weighted by Gasteiger charge is 2.28. The van der Waals surface area contributed by atoms with Gasteiger partial charge in [-0.1, -0.05) is 58.3 Å². The van der Waals surface area contributed by atoms with E-state index in [9.17, 15) is 15.0 Å². The lowest BCUT2D eigenvalue weighted by atomic mass is 9.94. The molecular formula is C19H32O5. The zero-order valence-corrected chi connectivity index (χ0v) is 15.3. The molecule has 0 radical (unpaired) electrons. The van der Waals surface area contributed by atoms with Crippen LogP contribution in [0, 0.1) is 0 Å². The van der Waals surface area contributed by atoms with Crippen molar-refractivity contribution in [2.45, 2.75) is 83.8 Å². The lowest BCUT2D eigenvalue weighted by molar-refractivity contribution is 0.0188.